The molecule has 0 aliphatic heterocycles. The Labute approximate surface area is 119 Å². The monoisotopic (exact) mass is 271 g/mol. The molecule has 0 spiro atoms. The van der Waals surface area contributed by atoms with Crippen LogP contribution in [0.3, 0.4) is 0 Å². The summed E-state index contributed by atoms with van der Waals surface area (Å²) in [5.41, 5.74) is 8.64. The summed E-state index contributed by atoms with van der Waals surface area (Å²) in [7, 11) is 0. The van der Waals surface area contributed by atoms with Gasteiger partial charge in [-0.25, -0.2) is 4.98 Å². The van der Waals surface area contributed by atoms with E-state index in [1.807, 2.05) is 18.2 Å². The maximum absolute atomic E-state index is 5.63. The first-order valence-electron chi connectivity index (χ1n) is 6.23. The van der Waals surface area contributed by atoms with Crippen LogP contribution < -0.4 is 10.6 Å². The summed E-state index contributed by atoms with van der Waals surface area (Å²) in [5.74, 6) is 0.858. The molecule has 1 aromatic carbocycles. The van der Waals surface area contributed by atoms with Gasteiger partial charge in [-0.3, -0.25) is 0 Å². The van der Waals surface area contributed by atoms with Gasteiger partial charge < -0.3 is 10.6 Å². The molecule has 0 bridgehead atoms. The number of nitrogens with two attached hydrogens (primary N) is 1. The van der Waals surface area contributed by atoms with E-state index in [9.17, 15) is 0 Å². The number of nitrogens with zero attached hydrogens (tertiary/aromatic N) is 2. The standard InChI is InChI=1S/C15H17N3S/c1-3-18(12-9-7-11(2)8-10-12)14-6-4-5-13(17-14)15(16)19/h4-10H,3H2,1-2H3,(H2,16,19). The van der Waals surface area contributed by atoms with Crippen molar-refractivity contribution in [2.45, 2.75) is 13.8 Å². The van der Waals surface area contributed by atoms with Gasteiger partial charge in [0.2, 0.25) is 0 Å². The van der Waals surface area contributed by atoms with Crippen LogP contribution in [0.25, 0.3) is 0 Å². The summed E-state index contributed by atoms with van der Waals surface area (Å²) in [6.07, 6.45) is 0. The molecule has 1 heterocycles. The number of anilines is 2. The van der Waals surface area contributed by atoms with Gasteiger partial charge in [0.25, 0.3) is 0 Å². The van der Waals surface area contributed by atoms with Crippen molar-refractivity contribution >= 4 is 28.7 Å². The zero-order valence-corrected chi connectivity index (χ0v) is 11.9. The van der Waals surface area contributed by atoms with Crippen LogP contribution in [0, 0.1) is 6.92 Å². The molecule has 0 saturated carbocycles. The largest absolute Gasteiger partial charge is 0.388 e. The Morgan fingerprint density at radius 2 is 1.89 bits per heavy atom. The highest BCUT2D eigenvalue weighted by Gasteiger charge is 2.09. The smallest absolute Gasteiger partial charge is 0.133 e. The van der Waals surface area contributed by atoms with E-state index >= 15 is 0 Å². The highest BCUT2D eigenvalue weighted by molar-refractivity contribution is 7.80. The number of rotatable bonds is 4. The number of aryl methyl sites for hydroxylation is 1. The van der Waals surface area contributed by atoms with Crippen LogP contribution in [0.1, 0.15) is 18.2 Å². The number of aromatic nitrogens is 1. The van der Waals surface area contributed by atoms with Gasteiger partial charge in [0, 0.05) is 12.2 Å². The van der Waals surface area contributed by atoms with Crippen LogP contribution in [0.4, 0.5) is 11.5 Å². The van der Waals surface area contributed by atoms with Crippen molar-refractivity contribution < 1.29 is 0 Å². The second-order valence-electron chi connectivity index (χ2n) is 4.33. The molecule has 0 aliphatic rings. The molecule has 0 unspecified atom stereocenters. The minimum absolute atomic E-state index is 0.321. The molecule has 4 heteroatoms. The van der Waals surface area contributed by atoms with Crippen molar-refractivity contribution in [3.63, 3.8) is 0 Å². The fourth-order valence-electron chi connectivity index (χ4n) is 1.91. The second kappa shape index (κ2) is 5.80. The molecule has 0 radical (unpaired) electrons. The minimum atomic E-state index is 0.321. The van der Waals surface area contributed by atoms with Gasteiger partial charge >= 0.3 is 0 Å². The van der Waals surface area contributed by atoms with Crippen molar-refractivity contribution in [3.8, 4) is 0 Å². The maximum Gasteiger partial charge on any atom is 0.133 e. The lowest BCUT2D eigenvalue weighted by atomic mass is 10.2. The predicted molar refractivity (Wildman–Crippen MR) is 84.0 cm³/mol. The number of pyridine rings is 1. The summed E-state index contributed by atoms with van der Waals surface area (Å²) < 4.78 is 0. The number of thiocarbonyl (C=S) groups is 1. The van der Waals surface area contributed by atoms with Gasteiger partial charge in [-0.15, -0.1) is 0 Å². The lowest BCUT2D eigenvalue weighted by Crippen LogP contribution is -2.19. The fourth-order valence-corrected chi connectivity index (χ4v) is 2.03. The Morgan fingerprint density at radius 3 is 2.47 bits per heavy atom. The predicted octanol–water partition coefficient (Wildman–Crippen LogP) is 3.18. The molecule has 2 aromatic rings. The average molecular weight is 271 g/mol. The molecule has 2 rings (SSSR count). The van der Waals surface area contributed by atoms with E-state index < -0.39 is 0 Å². The van der Waals surface area contributed by atoms with Crippen LogP contribution in [0.2, 0.25) is 0 Å². The number of hydrogen-bond acceptors (Lipinski definition) is 3. The Kier molecular flexibility index (Phi) is 4.12. The lowest BCUT2D eigenvalue weighted by molar-refractivity contribution is 0.987. The number of hydrogen-bond donors (Lipinski definition) is 1. The Bertz CT molecular complexity index is 578. The summed E-state index contributed by atoms with van der Waals surface area (Å²) in [6.45, 7) is 5.00. The zero-order valence-electron chi connectivity index (χ0n) is 11.1. The third kappa shape index (κ3) is 3.09. The van der Waals surface area contributed by atoms with E-state index in [0.29, 0.717) is 10.7 Å². The fraction of sp³-hybridized carbons (Fsp3) is 0.200. The van der Waals surface area contributed by atoms with Crippen molar-refractivity contribution in [2.24, 2.45) is 5.73 Å². The van der Waals surface area contributed by atoms with Gasteiger partial charge in [-0.2, -0.15) is 0 Å². The molecule has 3 nitrogen and oxygen atoms in total. The molecule has 0 amide bonds. The molecule has 0 saturated heterocycles. The first kappa shape index (κ1) is 13.5. The molecule has 0 atom stereocenters. The van der Waals surface area contributed by atoms with Crippen molar-refractivity contribution in [1.82, 2.24) is 4.98 Å². The minimum Gasteiger partial charge on any atom is -0.388 e. The summed E-state index contributed by atoms with van der Waals surface area (Å²) in [4.78, 5) is 6.95. The Hall–Kier alpha value is -1.94. The van der Waals surface area contributed by atoms with Crippen molar-refractivity contribution in [3.05, 3.63) is 53.7 Å². The summed E-state index contributed by atoms with van der Waals surface area (Å²) in [5, 5.41) is 0. The first-order valence-corrected chi connectivity index (χ1v) is 6.63. The van der Waals surface area contributed by atoms with Gasteiger partial charge in [-0.05, 0) is 38.1 Å². The Morgan fingerprint density at radius 1 is 1.21 bits per heavy atom. The molecule has 0 aliphatic carbocycles. The van der Waals surface area contributed by atoms with E-state index in [1.165, 1.54) is 5.56 Å². The van der Waals surface area contributed by atoms with Crippen LogP contribution in [0.15, 0.2) is 42.5 Å². The molecule has 98 valence electrons. The van der Waals surface area contributed by atoms with Gasteiger partial charge in [-0.1, -0.05) is 36.0 Å². The van der Waals surface area contributed by atoms with Crippen LogP contribution in [0.5, 0.6) is 0 Å². The van der Waals surface area contributed by atoms with Gasteiger partial charge in [0.05, 0.1) is 5.69 Å². The number of benzene rings is 1. The van der Waals surface area contributed by atoms with E-state index in [1.54, 1.807) is 0 Å². The quantitative estimate of drug-likeness (QED) is 0.867. The van der Waals surface area contributed by atoms with Crippen molar-refractivity contribution in [1.29, 1.82) is 0 Å². The van der Waals surface area contributed by atoms with E-state index in [-0.39, 0.29) is 0 Å². The first-order chi connectivity index (χ1) is 9.11. The highest BCUT2D eigenvalue weighted by atomic mass is 32.1. The van der Waals surface area contributed by atoms with Crippen molar-refractivity contribution in [2.75, 3.05) is 11.4 Å². The normalized spacial score (nSPS) is 10.2. The van der Waals surface area contributed by atoms with E-state index in [4.69, 9.17) is 18.0 Å². The molecule has 1 aromatic heterocycles. The van der Waals surface area contributed by atoms with Gasteiger partial charge in [0.1, 0.15) is 10.8 Å². The molecule has 2 N–H and O–H groups in total. The summed E-state index contributed by atoms with van der Waals surface area (Å²) >= 11 is 4.98. The third-order valence-electron chi connectivity index (χ3n) is 2.93. The second-order valence-corrected chi connectivity index (χ2v) is 4.76. The highest BCUT2D eigenvalue weighted by Crippen LogP contribution is 2.23. The van der Waals surface area contributed by atoms with Gasteiger partial charge in [0.15, 0.2) is 0 Å². The SMILES string of the molecule is CCN(c1ccc(C)cc1)c1cccc(C(N)=S)n1. The lowest BCUT2D eigenvalue weighted by Gasteiger charge is -2.22. The van der Waals surface area contributed by atoms with Crippen LogP contribution in [-0.4, -0.2) is 16.5 Å². The third-order valence-corrected chi connectivity index (χ3v) is 3.13. The van der Waals surface area contributed by atoms with Crippen LogP contribution in [-0.2, 0) is 0 Å². The average Bonchev–Trinajstić information content (AvgIpc) is 2.42. The van der Waals surface area contributed by atoms with E-state index in [0.717, 1.165) is 18.1 Å². The van der Waals surface area contributed by atoms with Crippen LogP contribution >= 0.6 is 12.2 Å². The maximum atomic E-state index is 5.63. The van der Waals surface area contributed by atoms with E-state index in [2.05, 4.69) is 48.0 Å². The topological polar surface area (TPSA) is 42.1 Å². The molecular weight excluding hydrogens is 254 g/mol. The zero-order chi connectivity index (χ0) is 13.8. The molecular formula is C15H17N3S. The summed E-state index contributed by atoms with van der Waals surface area (Å²) in [6, 6.07) is 14.1. The Balaban J connectivity index is 2.39. The molecule has 0 fully saturated rings. The molecule has 19 heavy (non-hydrogen) atoms.